The number of aliphatic hydroxyl groups excluding tert-OH is 2. The Morgan fingerprint density at radius 2 is 0.839 bits per heavy atom. The fraction of sp³-hybridized carbons (Fsp3) is 0.893. The van der Waals surface area contributed by atoms with Crippen LogP contribution in [0.1, 0.15) is 296 Å². The van der Waals surface area contributed by atoms with E-state index in [0.717, 1.165) is 51.4 Å². The first-order valence-corrected chi connectivity index (χ1v) is 27.6. The second kappa shape index (κ2) is 52.0. The van der Waals surface area contributed by atoms with E-state index >= 15 is 0 Å². The lowest BCUT2D eigenvalue weighted by Gasteiger charge is -2.22. The van der Waals surface area contributed by atoms with Crippen molar-refractivity contribution in [3.63, 3.8) is 0 Å². The second-order valence-electron chi connectivity index (χ2n) is 18.9. The van der Waals surface area contributed by atoms with Gasteiger partial charge in [0.2, 0.25) is 5.91 Å². The van der Waals surface area contributed by atoms with Gasteiger partial charge in [0.15, 0.2) is 0 Å². The first kappa shape index (κ1) is 60.3. The minimum absolute atomic E-state index is 0.00632. The second-order valence-corrected chi connectivity index (χ2v) is 18.9. The Balaban J connectivity index is 3.40. The largest absolute Gasteiger partial charge is 0.466 e. The highest BCUT2D eigenvalue weighted by Gasteiger charge is 2.20. The number of carbonyl (C=O) groups excluding carboxylic acids is 2. The third-order valence-corrected chi connectivity index (χ3v) is 12.7. The number of hydrogen-bond donors (Lipinski definition) is 3. The molecule has 0 aliphatic carbocycles. The fourth-order valence-corrected chi connectivity index (χ4v) is 8.50. The molecule has 366 valence electrons. The van der Waals surface area contributed by atoms with E-state index in [0.29, 0.717) is 25.9 Å². The molecule has 0 saturated carbocycles. The van der Waals surface area contributed by atoms with E-state index in [1.54, 1.807) is 0 Å². The quantitative estimate of drug-likeness (QED) is 0.0321. The monoisotopic (exact) mass is 874 g/mol. The third kappa shape index (κ3) is 47.8. The van der Waals surface area contributed by atoms with Crippen molar-refractivity contribution in [1.29, 1.82) is 0 Å². The molecule has 2 unspecified atom stereocenters. The van der Waals surface area contributed by atoms with E-state index in [2.05, 4.69) is 43.5 Å². The zero-order chi connectivity index (χ0) is 45.1. The number of carbonyl (C=O) groups is 2. The van der Waals surface area contributed by atoms with Crippen LogP contribution in [0.3, 0.4) is 0 Å². The van der Waals surface area contributed by atoms with Gasteiger partial charge in [0.1, 0.15) is 0 Å². The summed E-state index contributed by atoms with van der Waals surface area (Å²) < 4.78 is 5.46. The van der Waals surface area contributed by atoms with Gasteiger partial charge in [-0.3, -0.25) is 9.59 Å². The van der Waals surface area contributed by atoms with Crippen LogP contribution >= 0.6 is 0 Å². The lowest BCUT2D eigenvalue weighted by molar-refractivity contribution is -0.143. The predicted molar refractivity (Wildman–Crippen MR) is 269 cm³/mol. The average molecular weight is 874 g/mol. The molecule has 1 amide bonds. The molecule has 0 rings (SSSR count). The summed E-state index contributed by atoms with van der Waals surface area (Å²) in [6.07, 6.45) is 61.6. The highest BCUT2D eigenvalue weighted by atomic mass is 16.5. The SMILES string of the molecule is CCC/C=C\C/C=C\CCCCCCCC(=O)OCCCCCCCCCCCCCCCCCCCCCC(=O)NC(CO)C(O)CCCCCCCCCCCCCCC. The standard InChI is InChI=1S/C56H107NO5/c1-3-5-7-9-11-13-15-24-28-32-36-40-44-48-54(59)53(52-58)57-55(60)49-45-41-37-33-29-26-22-20-18-17-19-21-23-27-31-35-39-43-47-51-62-56(61)50-46-42-38-34-30-25-16-14-12-10-8-6-4-2/h8,10,14,16,53-54,58-59H,3-7,9,11-13,15,17-52H2,1-2H3,(H,57,60)/b10-8-,16-14-. The van der Waals surface area contributed by atoms with Gasteiger partial charge in [0.05, 0.1) is 25.4 Å². The molecular formula is C56H107NO5. The summed E-state index contributed by atoms with van der Waals surface area (Å²) in [4.78, 5) is 24.5. The number of allylic oxidation sites excluding steroid dienone is 4. The molecule has 0 saturated heterocycles. The minimum atomic E-state index is -0.665. The van der Waals surface area contributed by atoms with Gasteiger partial charge in [-0.05, 0) is 51.4 Å². The van der Waals surface area contributed by atoms with Crippen LogP contribution in [0.2, 0.25) is 0 Å². The van der Waals surface area contributed by atoms with Crippen LogP contribution in [0.15, 0.2) is 24.3 Å². The van der Waals surface area contributed by atoms with Crippen molar-refractivity contribution in [2.75, 3.05) is 13.2 Å². The maximum Gasteiger partial charge on any atom is 0.305 e. The predicted octanol–water partition coefficient (Wildman–Crippen LogP) is 16.7. The number of ether oxygens (including phenoxy) is 1. The maximum atomic E-state index is 12.4. The molecule has 0 fully saturated rings. The number of hydrogen-bond acceptors (Lipinski definition) is 5. The number of esters is 1. The minimum Gasteiger partial charge on any atom is -0.466 e. The highest BCUT2D eigenvalue weighted by molar-refractivity contribution is 5.76. The number of aliphatic hydroxyl groups is 2. The summed E-state index contributed by atoms with van der Waals surface area (Å²) in [5.41, 5.74) is 0. The summed E-state index contributed by atoms with van der Waals surface area (Å²) in [7, 11) is 0. The van der Waals surface area contributed by atoms with Gasteiger partial charge >= 0.3 is 5.97 Å². The Bertz CT molecular complexity index is 966. The van der Waals surface area contributed by atoms with Crippen molar-refractivity contribution in [1.82, 2.24) is 5.32 Å². The van der Waals surface area contributed by atoms with Crippen LogP contribution < -0.4 is 5.32 Å². The van der Waals surface area contributed by atoms with Crippen molar-refractivity contribution in [3.8, 4) is 0 Å². The molecular weight excluding hydrogens is 767 g/mol. The molecule has 2 atom stereocenters. The number of unbranched alkanes of at least 4 members (excludes halogenated alkanes) is 36. The van der Waals surface area contributed by atoms with Crippen LogP contribution in [0.25, 0.3) is 0 Å². The van der Waals surface area contributed by atoms with Crippen molar-refractivity contribution in [2.24, 2.45) is 0 Å². The Kier molecular flexibility index (Phi) is 50.6. The molecule has 3 N–H and O–H groups in total. The van der Waals surface area contributed by atoms with E-state index in [1.165, 1.54) is 212 Å². The van der Waals surface area contributed by atoms with E-state index in [1.807, 2.05) is 0 Å². The molecule has 6 nitrogen and oxygen atoms in total. The zero-order valence-electron chi connectivity index (χ0n) is 41.6. The van der Waals surface area contributed by atoms with Crippen molar-refractivity contribution >= 4 is 11.9 Å². The molecule has 0 spiro atoms. The number of nitrogens with one attached hydrogen (secondary N) is 1. The van der Waals surface area contributed by atoms with Crippen molar-refractivity contribution < 1.29 is 24.5 Å². The molecule has 6 heteroatoms. The van der Waals surface area contributed by atoms with Gasteiger partial charge in [-0.1, -0.05) is 256 Å². The molecule has 0 bridgehead atoms. The van der Waals surface area contributed by atoms with Gasteiger partial charge in [-0.2, -0.15) is 0 Å². The molecule has 0 aliphatic rings. The molecule has 0 aliphatic heterocycles. The van der Waals surface area contributed by atoms with Gasteiger partial charge in [-0.25, -0.2) is 0 Å². The van der Waals surface area contributed by atoms with Gasteiger partial charge in [0, 0.05) is 12.8 Å². The average Bonchev–Trinajstić information content (AvgIpc) is 3.27. The number of rotatable bonds is 51. The van der Waals surface area contributed by atoms with Gasteiger partial charge in [-0.15, -0.1) is 0 Å². The first-order chi connectivity index (χ1) is 30.5. The van der Waals surface area contributed by atoms with Crippen LogP contribution in [-0.2, 0) is 14.3 Å². The Morgan fingerprint density at radius 3 is 1.29 bits per heavy atom. The van der Waals surface area contributed by atoms with Crippen LogP contribution in [0.5, 0.6) is 0 Å². The van der Waals surface area contributed by atoms with E-state index in [4.69, 9.17) is 4.74 Å². The Labute approximate surface area is 386 Å². The molecule has 0 heterocycles. The number of amides is 1. The first-order valence-electron chi connectivity index (χ1n) is 27.6. The zero-order valence-corrected chi connectivity index (χ0v) is 41.6. The summed E-state index contributed by atoms with van der Waals surface area (Å²) in [5.74, 6) is -0.0441. The lowest BCUT2D eigenvalue weighted by atomic mass is 10.0. The Morgan fingerprint density at radius 1 is 0.452 bits per heavy atom. The molecule has 0 aromatic heterocycles. The van der Waals surface area contributed by atoms with Crippen LogP contribution in [0, 0.1) is 0 Å². The third-order valence-electron chi connectivity index (χ3n) is 12.7. The Hall–Kier alpha value is -1.66. The normalized spacial score (nSPS) is 12.8. The van der Waals surface area contributed by atoms with Gasteiger partial charge < -0.3 is 20.3 Å². The van der Waals surface area contributed by atoms with Crippen molar-refractivity contribution in [2.45, 2.75) is 309 Å². The van der Waals surface area contributed by atoms with E-state index in [-0.39, 0.29) is 18.5 Å². The summed E-state index contributed by atoms with van der Waals surface area (Å²) >= 11 is 0. The summed E-state index contributed by atoms with van der Waals surface area (Å²) in [6.45, 7) is 4.88. The molecule has 0 aromatic rings. The van der Waals surface area contributed by atoms with Crippen LogP contribution in [-0.4, -0.2) is 47.4 Å². The molecule has 62 heavy (non-hydrogen) atoms. The van der Waals surface area contributed by atoms with E-state index in [9.17, 15) is 19.8 Å². The van der Waals surface area contributed by atoms with Crippen LogP contribution in [0.4, 0.5) is 0 Å². The summed E-state index contributed by atoms with van der Waals surface area (Å²) in [6, 6.07) is -0.543. The fourth-order valence-electron chi connectivity index (χ4n) is 8.50. The maximum absolute atomic E-state index is 12.4. The molecule has 0 aromatic carbocycles. The van der Waals surface area contributed by atoms with E-state index < -0.39 is 12.1 Å². The topological polar surface area (TPSA) is 95.9 Å². The van der Waals surface area contributed by atoms with Gasteiger partial charge in [0.25, 0.3) is 0 Å². The molecule has 0 radical (unpaired) electrons. The lowest BCUT2D eigenvalue weighted by Crippen LogP contribution is -2.45. The highest BCUT2D eigenvalue weighted by Crippen LogP contribution is 2.17. The van der Waals surface area contributed by atoms with Crippen molar-refractivity contribution in [3.05, 3.63) is 24.3 Å². The summed E-state index contributed by atoms with van der Waals surface area (Å²) in [5, 5.41) is 23.2. The smallest absolute Gasteiger partial charge is 0.305 e.